The Kier molecular flexibility index (Phi) is 7.39. The minimum Gasteiger partial charge on any atom is -0.492 e. The lowest BCUT2D eigenvalue weighted by Crippen LogP contribution is -2.34. The van der Waals surface area contributed by atoms with Gasteiger partial charge in [-0.15, -0.1) is 11.3 Å². The molecule has 0 unspecified atom stereocenters. The number of carbonyl (C=O) groups is 1. The van der Waals surface area contributed by atoms with Gasteiger partial charge in [0.25, 0.3) is 0 Å². The zero-order valence-corrected chi connectivity index (χ0v) is 21.8. The number of nitrogens with zero attached hydrogens (tertiary/aromatic N) is 3. The molecule has 4 rings (SSSR count). The number of amides is 1. The Hall–Kier alpha value is -3.01. The van der Waals surface area contributed by atoms with Crippen molar-refractivity contribution >= 4 is 50.3 Å². The summed E-state index contributed by atoms with van der Waals surface area (Å²) < 4.78 is 17.1. The smallest absolute Gasteiger partial charge is 0.407 e. The Morgan fingerprint density at radius 2 is 1.94 bits per heavy atom. The Labute approximate surface area is 212 Å². The van der Waals surface area contributed by atoms with E-state index < -0.39 is 11.7 Å². The molecule has 8 nitrogen and oxygen atoms in total. The fourth-order valence-corrected chi connectivity index (χ4v) is 4.83. The van der Waals surface area contributed by atoms with Crippen molar-refractivity contribution in [1.29, 1.82) is 0 Å². The van der Waals surface area contributed by atoms with Crippen LogP contribution in [-0.4, -0.2) is 46.9 Å². The summed E-state index contributed by atoms with van der Waals surface area (Å²) in [5.41, 5.74) is 4.45. The SMILES string of the molecule is COCc1cnc2c(-c3nc4c(Cl)cc(OCCNC(=O)OC(C)(C)C)cc4s3)cc(C)cc2n1. The summed E-state index contributed by atoms with van der Waals surface area (Å²) in [4.78, 5) is 25.9. The minimum atomic E-state index is -0.548. The van der Waals surface area contributed by atoms with Gasteiger partial charge in [0.1, 0.15) is 28.5 Å². The number of methoxy groups -OCH3 is 1. The third-order valence-corrected chi connectivity index (χ3v) is 6.15. The maximum absolute atomic E-state index is 11.8. The van der Waals surface area contributed by atoms with Crippen LogP contribution in [0.5, 0.6) is 5.75 Å². The van der Waals surface area contributed by atoms with Crippen LogP contribution in [0.3, 0.4) is 0 Å². The molecule has 2 heterocycles. The van der Waals surface area contributed by atoms with Crippen molar-refractivity contribution in [3.8, 4) is 16.3 Å². The average molecular weight is 515 g/mol. The number of hydrogen-bond acceptors (Lipinski definition) is 8. The molecule has 0 aliphatic heterocycles. The molecule has 0 aliphatic carbocycles. The van der Waals surface area contributed by atoms with E-state index >= 15 is 0 Å². The maximum Gasteiger partial charge on any atom is 0.407 e. The number of thiazole rings is 1. The predicted molar refractivity (Wildman–Crippen MR) is 138 cm³/mol. The highest BCUT2D eigenvalue weighted by molar-refractivity contribution is 7.21. The molecule has 1 N–H and O–H groups in total. The van der Waals surface area contributed by atoms with Gasteiger partial charge in [-0.2, -0.15) is 0 Å². The summed E-state index contributed by atoms with van der Waals surface area (Å²) in [5.74, 6) is 0.599. The van der Waals surface area contributed by atoms with E-state index in [2.05, 4.69) is 21.4 Å². The molecule has 10 heteroatoms. The Balaban J connectivity index is 1.55. The van der Waals surface area contributed by atoms with Crippen LogP contribution in [0.2, 0.25) is 5.02 Å². The number of carbonyl (C=O) groups excluding carboxylic acids is 1. The standard InChI is InChI=1S/C25H27ClN4O4S/c1-14-8-17(21-19(9-14)29-15(12-28-21)13-32-5)23-30-22-18(26)10-16(11-20(22)35-23)33-7-6-27-24(31)34-25(2,3)4/h8-12H,6-7,13H2,1-5H3,(H,27,31). The second-order valence-corrected chi connectivity index (χ2v) is 10.5. The fourth-order valence-electron chi connectivity index (χ4n) is 3.48. The molecule has 0 atom stereocenters. The van der Waals surface area contributed by atoms with E-state index in [1.54, 1.807) is 19.4 Å². The summed E-state index contributed by atoms with van der Waals surface area (Å²) in [6.45, 7) is 8.44. The number of halogens is 1. The molecule has 0 saturated heterocycles. The van der Waals surface area contributed by atoms with Crippen molar-refractivity contribution in [2.75, 3.05) is 20.3 Å². The number of nitrogens with one attached hydrogen (secondary N) is 1. The van der Waals surface area contributed by atoms with E-state index in [-0.39, 0.29) is 6.61 Å². The van der Waals surface area contributed by atoms with Crippen molar-refractivity contribution < 1.29 is 19.0 Å². The van der Waals surface area contributed by atoms with Gasteiger partial charge in [0.05, 0.1) is 45.8 Å². The van der Waals surface area contributed by atoms with Gasteiger partial charge < -0.3 is 19.5 Å². The first-order chi connectivity index (χ1) is 16.6. The van der Waals surface area contributed by atoms with Gasteiger partial charge in [-0.05, 0) is 51.5 Å². The number of benzene rings is 2. The molecular weight excluding hydrogens is 488 g/mol. The molecule has 0 fully saturated rings. The molecule has 0 spiro atoms. The van der Waals surface area contributed by atoms with Crippen molar-refractivity contribution in [3.63, 3.8) is 0 Å². The number of hydrogen-bond donors (Lipinski definition) is 1. The largest absolute Gasteiger partial charge is 0.492 e. The molecule has 0 bridgehead atoms. The van der Waals surface area contributed by atoms with Crippen LogP contribution >= 0.6 is 22.9 Å². The van der Waals surface area contributed by atoms with Gasteiger partial charge >= 0.3 is 6.09 Å². The van der Waals surface area contributed by atoms with Crippen molar-refractivity contribution in [2.24, 2.45) is 0 Å². The zero-order valence-electron chi connectivity index (χ0n) is 20.3. The second-order valence-electron chi connectivity index (χ2n) is 9.02. The molecule has 35 heavy (non-hydrogen) atoms. The molecule has 2 aromatic heterocycles. The number of alkyl carbamates (subject to hydrolysis) is 1. The first-order valence-corrected chi connectivity index (χ1v) is 12.3. The van der Waals surface area contributed by atoms with E-state index in [1.165, 1.54) is 11.3 Å². The summed E-state index contributed by atoms with van der Waals surface area (Å²) in [7, 11) is 1.63. The van der Waals surface area contributed by atoms with Gasteiger partial charge in [0, 0.05) is 18.7 Å². The van der Waals surface area contributed by atoms with E-state index in [9.17, 15) is 4.79 Å². The number of aromatic nitrogens is 3. The lowest BCUT2D eigenvalue weighted by molar-refractivity contribution is 0.0520. The van der Waals surface area contributed by atoms with Crippen LogP contribution in [-0.2, 0) is 16.1 Å². The summed E-state index contributed by atoms with van der Waals surface area (Å²) in [6.07, 6.45) is 1.24. The van der Waals surface area contributed by atoms with Gasteiger partial charge in [0.15, 0.2) is 0 Å². The Bertz CT molecular complexity index is 1380. The molecule has 2 aromatic carbocycles. The van der Waals surface area contributed by atoms with Crippen LogP contribution < -0.4 is 10.1 Å². The number of ether oxygens (including phenoxy) is 3. The lowest BCUT2D eigenvalue weighted by atomic mass is 10.1. The van der Waals surface area contributed by atoms with Gasteiger partial charge in [-0.3, -0.25) is 4.98 Å². The van der Waals surface area contributed by atoms with E-state index in [1.807, 2.05) is 39.8 Å². The average Bonchev–Trinajstić information content (AvgIpc) is 3.20. The third-order valence-electron chi connectivity index (χ3n) is 4.82. The minimum absolute atomic E-state index is 0.272. The molecule has 0 radical (unpaired) electrons. The van der Waals surface area contributed by atoms with Gasteiger partial charge in [0.2, 0.25) is 0 Å². The molecule has 184 valence electrons. The molecule has 0 saturated carbocycles. The summed E-state index contributed by atoms with van der Waals surface area (Å²) >= 11 is 8.05. The number of fused-ring (bicyclic) bond motifs is 2. The Morgan fingerprint density at radius 3 is 2.69 bits per heavy atom. The van der Waals surface area contributed by atoms with E-state index in [4.69, 9.17) is 30.8 Å². The van der Waals surface area contributed by atoms with Crippen LogP contribution in [0, 0.1) is 6.92 Å². The zero-order chi connectivity index (χ0) is 25.2. The van der Waals surface area contributed by atoms with Crippen molar-refractivity contribution in [2.45, 2.75) is 39.9 Å². The normalized spacial score (nSPS) is 11.7. The van der Waals surface area contributed by atoms with Crippen LogP contribution in [0.1, 0.15) is 32.0 Å². The van der Waals surface area contributed by atoms with E-state index in [0.29, 0.717) is 29.4 Å². The first kappa shape index (κ1) is 25.1. The second kappa shape index (κ2) is 10.3. The van der Waals surface area contributed by atoms with E-state index in [0.717, 1.165) is 37.6 Å². The van der Waals surface area contributed by atoms with Crippen molar-refractivity contribution in [1.82, 2.24) is 20.3 Å². The van der Waals surface area contributed by atoms with Crippen LogP contribution in [0.25, 0.3) is 31.8 Å². The number of rotatable bonds is 7. The monoisotopic (exact) mass is 514 g/mol. The molecule has 4 aromatic rings. The maximum atomic E-state index is 11.8. The highest BCUT2D eigenvalue weighted by Crippen LogP contribution is 2.38. The van der Waals surface area contributed by atoms with Crippen molar-refractivity contribution in [3.05, 3.63) is 46.7 Å². The topological polar surface area (TPSA) is 95.5 Å². The van der Waals surface area contributed by atoms with Crippen LogP contribution in [0.15, 0.2) is 30.5 Å². The summed E-state index contributed by atoms with van der Waals surface area (Å²) in [5, 5.41) is 3.96. The lowest BCUT2D eigenvalue weighted by Gasteiger charge is -2.19. The van der Waals surface area contributed by atoms with Gasteiger partial charge in [-0.1, -0.05) is 11.6 Å². The highest BCUT2D eigenvalue weighted by atomic mass is 35.5. The predicted octanol–water partition coefficient (Wildman–Crippen LogP) is 5.92. The Morgan fingerprint density at radius 1 is 1.14 bits per heavy atom. The molecule has 1 amide bonds. The molecule has 0 aliphatic rings. The number of aryl methyl sites for hydroxylation is 1. The first-order valence-electron chi connectivity index (χ1n) is 11.1. The quantitative estimate of drug-likeness (QED) is 0.306. The van der Waals surface area contributed by atoms with Crippen LogP contribution in [0.4, 0.5) is 4.79 Å². The van der Waals surface area contributed by atoms with Gasteiger partial charge in [-0.25, -0.2) is 14.8 Å². The summed E-state index contributed by atoms with van der Waals surface area (Å²) in [6, 6.07) is 7.68. The molecular formula is C25H27ClN4O4S. The third kappa shape index (κ3) is 6.17. The fraction of sp³-hybridized carbons (Fsp3) is 0.360. The highest BCUT2D eigenvalue weighted by Gasteiger charge is 2.17.